The minimum Gasteiger partial charge on any atom is -0.130 e. The quantitative estimate of drug-likeness (QED) is 0.502. The van der Waals surface area contributed by atoms with Crippen molar-refractivity contribution in [3.63, 3.8) is 0 Å². The van der Waals surface area contributed by atoms with Gasteiger partial charge in [-0.05, 0) is 60.1 Å². The first-order valence-electron chi connectivity index (χ1n) is 7.92. The molecular formula is C21H21BS. The summed E-state index contributed by atoms with van der Waals surface area (Å²) in [4.78, 5) is 1.31. The van der Waals surface area contributed by atoms with E-state index in [0.717, 1.165) is 0 Å². The molecule has 23 heavy (non-hydrogen) atoms. The average molecular weight is 316 g/mol. The lowest BCUT2D eigenvalue weighted by Gasteiger charge is -2.15. The molecule has 3 aromatic rings. The van der Waals surface area contributed by atoms with E-state index in [4.69, 9.17) is 0 Å². The highest BCUT2D eigenvalue weighted by molar-refractivity contribution is 7.98. The van der Waals surface area contributed by atoms with Gasteiger partial charge in [-0.25, -0.2) is 0 Å². The molecule has 0 saturated heterocycles. The van der Waals surface area contributed by atoms with Gasteiger partial charge in [0.25, 0.3) is 0 Å². The molecular weight excluding hydrogens is 295 g/mol. The van der Waals surface area contributed by atoms with Crippen LogP contribution in [0.25, 0.3) is 22.3 Å². The Hall–Kier alpha value is -1.93. The summed E-state index contributed by atoms with van der Waals surface area (Å²) in [5, 5.41) is 0. The Balaban J connectivity index is 2.04. The Morgan fingerprint density at radius 1 is 0.696 bits per heavy atom. The fourth-order valence-electron chi connectivity index (χ4n) is 2.95. The van der Waals surface area contributed by atoms with Crippen molar-refractivity contribution in [3.05, 3.63) is 71.8 Å². The van der Waals surface area contributed by atoms with Crippen LogP contribution in [-0.2, 0) is 0 Å². The first kappa shape index (κ1) is 16.0. The Morgan fingerprint density at radius 2 is 1.22 bits per heavy atom. The standard InChI is InChI=1S/C21H21BS/c1-14-4-6-16(7-5-14)19-12-13-20(21(22)15(19)2)17-8-10-18(23-3)11-9-17/h4-13H,22H2,1-3H3. The number of aryl methyl sites for hydroxylation is 1. The van der Waals surface area contributed by atoms with Crippen LogP contribution < -0.4 is 5.46 Å². The van der Waals surface area contributed by atoms with Crippen molar-refractivity contribution in [2.75, 3.05) is 6.26 Å². The van der Waals surface area contributed by atoms with Gasteiger partial charge in [0.05, 0.1) is 0 Å². The van der Waals surface area contributed by atoms with Crippen LogP contribution in [0.1, 0.15) is 11.1 Å². The number of thioether (sulfide) groups is 1. The Labute approximate surface area is 144 Å². The predicted octanol–water partition coefficient (Wildman–Crippen LogP) is 4.62. The molecule has 0 saturated carbocycles. The molecule has 0 fully saturated rings. The van der Waals surface area contributed by atoms with Gasteiger partial charge in [0.1, 0.15) is 7.85 Å². The maximum atomic E-state index is 2.26. The first-order chi connectivity index (χ1) is 11.1. The van der Waals surface area contributed by atoms with Gasteiger partial charge >= 0.3 is 0 Å². The van der Waals surface area contributed by atoms with Crippen LogP contribution in [0.3, 0.4) is 0 Å². The fourth-order valence-corrected chi connectivity index (χ4v) is 3.36. The molecule has 0 spiro atoms. The first-order valence-corrected chi connectivity index (χ1v) is 9.14. The second-order valence-electron chi connectivity index (χ2n) is 6.01. The average Bonchev–Trinajstić information content (AvgIpc) is 2.58. The molecule has 3 rings (SSSR count). The Bertz CT molecular complexity index is 818. The molecule has 0 N–H and O–H groups in total. The Morgan fingerprint density at radius 3 is 1.83 bits per heavy atom. The zero-order valence-electron chi connectivity index (χ0n) is 14.2. The molecule has 0 radical (unpaired) electrons. The van der Waals surface area contributed by atoms with Crippen molar-refractivity contribution >= 4 is 25.1 Å². The van der Waals surface area contributed by atoms with Crippen LogP contribution in [0.4, 0.5) is 0 Å². The maximum Gasteiger partial charge on any atom is 0.140 e. The molecule has 2 heteroatoms. The predicted molar refractivity (Wildman–Crippen MR) is 107 cm³/mol. The molecule has 0 unspecified atom stereocenters. The third-order valence-corrected chi connectivity index (χ3v) is 5.29. The van der Waals surface area contributed by atoms with E-state index >= 15 is 0 Å². The van der Waals surface area contributed by atoms with Gasteiger partial charge < -0.3 is 0 Å². The van der Waals surface area contributed by atoms with E-state index in [1.54, 1.807) is 11.8 Å². The maximum absolute atomic E-state index is 2.26. The molecule has 0 aliphatic rings. The van der Waals surface area contributed by atoms with Crippen molar-refractivity contribution < 1.29 is 0 Å². The molecule has 0 bridgehead atoms. The third kappa shape index (κ3) is 3.23. The van der Waals surface area contributed by atoms with E-state index < -0.39 is 0 Å². The molecule has 0 aliphatic carbocycles. The molecule has 0 atom stereocenters. The lowest BCUT2D eigenvalue weighted by atomic mass is 9.80. The summed E-state index contributed by atoms with van der Waals surface area (Å²) in [7, 11) is 2.23. The van der Waals surface area contributed by atoms with Crippen LogP contribution >= 0.6 is 11.8 Å². The Kier molecular flexibility index (Phi) is 4.63. The molecule has 3 aromatic carbocycles. The van der Waals surface area contributed by atoms with Crippen molar-refractivity contribution in [1.29, 1.82) is 0 Å². The van der Waals surface area contributed by atoms with Crippen LogP contribution in [0.2, 0.25) is 0 Å². The second-order valence-corrected chi connectivity index (χ2v) is 6.88. The highest BCUT2D eigenvalue weighted by Crippen LogP contribution is 2.28. The largest absolute Gasteiger partial charge is 0.140 e. The van der Waals surface area contributed by atoms with Gasteiger partial charge in [0.15, 0.2) is 0 Å². The molecule has 0 amide bonds. The van der Waals surface area contributed by atoms with Crippen molar-refractivity contribution in [1.82, 2.24) is 0 Å². The van der Waals surface area contributed by atoms with E-state index in [1.807, 2.05) is 0 Å². The van der Waals surface area contributed by atoms with Crippen LogP contribution in [-0.4, -0.2) is 14.1 Å². The topological polar surface area (TPSA) is 0 Å². The zero-order valence-corrected chi connectivity index (χ0v) is 15.0. The molecule has 114 valence electrons. The summed E-state index contributed by atoms with van der Waals surface area (Å²) in [5.74, 6) is 0. The smallest absolute Gasteiger partial charge is 0.130 e. The number of hydrogen-bond acceptors (Lipinski definition) is 1. The minimum atomic E-state index is 1.29. The normalized spacial score (nSPS) is 10.7. The number of benzene rings is 3. The minimum absolute atomic E-state index is 1.29. The van der Waals surface area contributed by atoms with Crippen molar-refractivity contribution in [2.24, 2.45) is 0 Å². The summed E-state index contributed by atoms with van der Waals surface area (Å²) < 4.78 is 0. The lowest BCUT2D eigenvalue weighted by Crippen LogP contribution is -2.12. The van der Waals surface area contributed by atoms with Gasteiger partial charge in [-0.1, -0.05) is 59.6 Å². The third-order valence-electron chi connectivity index (χ3n) is 4.55. The van der Waals surface area contributed by atoms with Gasteiger partial charge in [-0.2, -0.15) is 0 Å². The monoisotopic (exact) mass is 316 g/mol. The number of hydrogen-bond donors (Lipinski definition) is 0. The SMILES string of the molecule is Bc1c(-c2ccc(SC)cc2)ccc(-c2ccc(C)cc2)c1C. The van der Waals surface area contributed by atoms with E-state index in [2.05, 4.69) is 88.6 Å². The van der Waals surface area contributed by atoms with E-state index in [0.29, 0.717) is 0 Å². The molecule has 0 aromatic heterocycles. The summed E-state index contributed by atoms with van der Waals surface area (Å²) in [6, 6.07) is 22.1. The van der Waals surface area contributed by atoms with Gasteiger partial charge in [0, 0.05) is 4.90 Å². The highest BCUT2D eigenvalue weighted by Gasteiger charge is 2.09. The van der Waals surface area contributed by atoms with E-state index in [9.17, 15) is 0 Å². The van der Waals surface area contributed by atoms with Crippen LogP contribution in [0, 0.1) is 13.8 Å². The van der Waals surface area contributed by atoms with Crippen molar-refractivity contribution in [3.8, 4) is 22.3 Å². The summed E-state index contributed by atoms with van der Waals surface area (Å²) in [5.41, 5.74) is 9.26. The zero-order chi connectivity index (χ0) is 16.4. The molecule has 0 aliphatic heterocycles. The summed E-state index contributed by atoms with van der Waals surface area (Å²) in [6.07, 6.45) is 2.11. The fraction of sp³-hybridized carbons (Fsp3) is 0.143. The van der Waals surface area contributed by atoms with Gasteiger partial charge in [0.2, 0.25) is 0 Å². The summed E-state index contributed by atoms with van der Waals surface area (Å²) >= 11 is 1.78. The summed E-state index contributed by atoms with van der Waals surface area (Å²) in [6.45, 7) is 4.35. The van der Waals surface area contributed by atoms with Crippen LogP contribution in [0.5, 0.6) is 0 Å². The second kappa shape index (κ2) is 6.68. The lowest BCUT2D eigenvalue weighted by molar-refractivity contribution is 1.44. The molecule has 0 heterocycles. The van der Waals surface area contributed by atoms with Crippen molar-refractivity contribution in [2.45, 2.75) is 18.7 Å². The molecule has 0 nitrogen and oxygen atoms in total. The van der Waals surface area contributed by atoms with E-state index in [1.165, 1.54) is 43.7 Å². The van der Waals surface area contributed by atoms with E-state index in [-0.39, 0.29) is 0 Å². The van der Waals surface area contributed by atoms with Crippen LogP contribution in [0.15, 0.2) is 65.6 Å². The number of rotatable bonds is 3. The van der Waals surface area contributed by atoms with Gasteiger partial charge in [-0.15, -0.1) is 11.8 Å². The highest BCUT2D eigenvalue weighted by atomic mass is 32.2. The van der Waals surface area contributed by atoms with Gasteiger partial charge in [-0.3, -0.25) is 0 Å².